The molecule has 1 fully saturated rings. The van der Waals surface area contributed by atoms with E-state index in [1.165, 1.54) is 0 Å². The Balaban J connectivity index is 1.93. The molecule has 1 aromatic heterocycles. The second kappa shape index (κ2) is 6.17. The van der Waals surface area contributed by atoms with E-state index >= 15 is 0 Å². The van der Waals surface area contributed by atoms with Gasteiger partial charge in [-0.15, -0.1) is 0 Å². The van der Waals surface area contributed by atoms with Crippen LogP contribution in [0.4, 0.5) is 5.82 Å². The molecule has 1 aromatic rings. The zero-order chi connectivity index (χ0) is 14.6. The van der Waals surface area contributed by atoms with E-state index in [-0.39, 0.29) is 5.91 Å². The number of nitrogens with zero attached hydrogens (tertiary/aromatic N) is 4. The Morgan fingerprint density at radius 1 is 1.35 bits per heavy atom. The molecule has 1 amide bonds. The van der Waals surface area contributed by atoms with Crippen LogP contribution in [-0.2, 0) is 4.79 Å². The van der Waals surface area contributed by atoms with Gasteiger partial charge in [0.15, 0.2) is 0 Å². The molecule has 2 heterocycles. The largest absolute Gasteiger partial charge is 0.352 e. The van der Waals surface area contributed by atoms with Gasteiger partial charge in [0.1, 0.15) is 5.82 Å². The average Bonchev–Trinajstić information content (AvgIpc) is 2.47. The Morgan fingerprint density at radius 2 is 2.05 bits per heavy atom. The van der Waals surface area contributed by atoms with Crippen molar-refractivity contribution in [2.24, 2.45) is 5.73 Å². The fourth-order valence-corrected chi connectivity index (χ4v) is 2.58. The molecule has 6 nitrogen and oxygen atoms in total. The van der Waals surface area contributed by atoms with E-state index in [4.69, 9.17) is 5.73 Å². The first-order valence-corrected chi connectivity index (χ1v) is 7.14. The molecule has 1 unspecified atom stereocenters. The lowest BCUT2D eigenvalue weighted by Crippen LogP contribution is -2.58. The van der Waals surface area contributed by atoms with E-state index in [9.17, 15) is 4.79 Å². The quantitative estimate of drug-likeness (QED) is 0.874. The summed E-state index contributed by atoms with van der Waals surface area (Å²) in [6.45, 7) is 6.79. The second-order valence-corrected chi connectivity index (χ2v) is 5.51. The van der Waals surface area contributed by atoms with Crippen molar-refractivity contribution in [3.8, 4) is 0 Å². The SMILES string of the molecule is CCCC(C)(N)C(=O)N1CCN(c2cnccn2)CC1. The van der Waals surface area contributed by atoms with E-state index in [0.717, 1.165) is 31.7 Å². The van der Waals surface area contributed by atoms with Gasteiger partial charge >= 0.3 is 0 Å². The van der Waals surface area contributed by atoms with Crippen LogP contribution in [-0.4, -0.2) is 52.5 Å². The van der Waals surface area contributed by atoms with Gasteiger partial charge in [0.25, 0.3) is 0 Å². The van der Waals surface area contributed by atoms with Crippen LogP contribution in [0, 0.1) is 0 Å². The minimum atomic E-state index is -0.747. The summed E-state index contributed by atoms with van der Waals surface area (Å²) in [6, 6.07) is 0. The van der Waals surface area contributed by atoms with Gasteiger partial charge in [-0.1, -0.05) is 13.3 Å². The fraction of sp³-hybridized carbons (Fsp3) is 0.643. The first-order chi connectivity index (χ1) is 9.54. The van der Waals surface area contributed by atoms with Crippen LogP contribution in [0.1, 0.15) is 26.7 Å². The molecule has 0 saturated carbocycles. The maximum absolute atomic E-state index is 12.4. The van der Waals surface area contributed by atoms with Gasteiger partial charge in [0.2, 0.25) is 5.91 Å². The van der Waals surface area contributed by atoms with Crippen molar-refractivity contribution in [2.75, 3.05) is 31.1 Å². The molecule has 0 aromatic carbocycles. The normalized spacial score (nSPS) is 18.8. The lowest BCUT2D eigenvalue weighted by molar-refractivity contribution is -0.137. The second-order valence-electron chi connectivity index (χ2n) is 5.51. The van der Waals surface area contributed by atoms with E-state index in [0.29, 0.717) is 13.1 Å². The van der Waals surface area contributed by atoms with Gasteiger partial charge < -0.3 is 15.5 Å². The summed E-state index contributed by atoms with van der Waals surface area (Å²) in [6.07, 6.45) is 6.73. The Bertz CT molecular complexity index is 440. The number of hydrogen-bond donors (Lipinski definition) is 1. The maximum atomic E-state index is 12.4. The van der Waals surface area contributed by atoms with Crippen molar-refractivity contribution in [3.63, 3.8) is 0 Å². The van der Waals surface area contributed by atoms with Crippen molar-refractivity contribution >= 4 is 11.7 Å². The number of anilines is 1. The molecule has 20 heavy (non-hydrogen) atoms. The zero-order valence-corrected chi connectivity index (χ0v) is 12.2. The fourth-order valence-electron chi connectivity index (χ4n) is 2.58. The highest BCUT2D eigenvalue weighted by Crippen LogP contribution is 2.16. The van der Waals surface area contributed by atoms with Crippen molar-refractivity contribution in [2.45, 2.75) is 32.2 Å². The number of hydrogen-bond acceptors (Lipinski definition) is 5. The summed E-state index contributed by atoms with van der Waals surface area (Å²) in [7, 11) is 0. The van der Waals surface area contributed by atoms with Crippen LogP contribution < -0.4 is 10.6 Å². The molecule has 0 radical (unpaired) electrons. The number of rotatable bonds is 4. The van der Waals surface area contributed by atoms with Gasteiger partial charge in [-0.3, -0.25) is 9.78 Å². The number of carbonyl (C=O) groups excluding carboxylic acids is 1. The number of carbonyl (C=O) groups is 1. The molecular formula is C14H23N5O. The third kappa shape index (κ3) is 3.25. The van der Waals surface area contributed by atoms with Gasteiger partial charge in [-0.2, -0.15) is 0 Å². The smallest absolute Gasteiger partial charge is 0.242 e. The van der Waals surface area contributed by atoms with Crippen LogP contribution in [0.2, 0.25) is 0 Å². The van der Waals surface area contributed by atoms with Gasteiger partial charge in [-0.25, -0.2) is 4.98 Å². The minimum Gasteiger partial charge on any atom is -0.352 e. The molecule has 1 aliphatic heterocycles. The van der Waals surface area contributed by atoms with Gasteiger partial charge in [0.05, 0.1) is 11.7 Å². The lowest BCUT2D eigenvalue weighted by Gasteiger charge is -2.38. The first-order valence-electron chi connectivity index (χ1n) is 7.14. The molecule has 0 aliphatic carbocycles. The van der Waals surface area contributed by atoms with Crippen molar-refractivity contribution in [1.82, 2.24) is 14.9 Å². The maximum Gasteiger partial charge on any atom is 0.242 e. The predicted molar refractivity (Wildman–Crippen MR) is 78.3 cm³/mol. The monoisotopic (exact) mass is 277 g/mol. The minimum absolute atomic E-state index is 0.0538. The zero-order valence-electron chi connectivity index (χ0n) is 12.2. The molecule has 110 valence electrons. The molecular weight excluding hydrogens is 254 g/mol. The summed E-state index contributed by atoms with van der Waals surface area (Å²) in [5, 5.41) is 0. The Kier molecular flexibility index (Phi) is 4.54. The number of piperazine rings is 1. The Labute approximate surface area is 120 Å². The molecule has 0 bridgehead atoms. The highest BCUT2D eigenvalue weighted by Gasteiger charge is 2.33. The van der Waals surface area contributed by atoms with Gasteiger partial charge in [-0.05, 0) is 13.3 Å². The summed E-state index contributed by atoms with van der Waals surface area (Å²) in [5.74, 6) is 0.918. The number of amides is 1. The van der Waals surface area contributed by atoms with Crippen molar-refractivity contribution in [1.29, 1.82) is 0 Å². The molecule has 2 rings (SSSR count). The third-order valence-corrected chi connectivity index (χ3v) is 3.70. The summed E-state index contributed by atoms with van der Waals surface area (Å²) in [4.78, 5) is 24.8. The molecule has 1 aliphatic rings. The molecule has 2 N–H and O–H groups in total. The van der Waals surface area contributed by atoms with E-state index < -0.39 is 5.54 Å². The Morgan fingerprint density at radius 3 is 2.60 bits per heavy atom. The van der Waals surface area contributed by atoms with Gasteiger partial charge in [0, 0.05) is 38.6 Å². The third-order valence-electron chi connectivity index (χ3n) is 3.70. The van der Waals surface area contributed by atoms with Crippen LogP contribution in [0.5, 0.6) is 0 Å². The summed E-state index contributed by atoms with van der Waals surface area (Å²) < 4.78 is 0. The van der Waals surface area contributed by atoms with Crippen molar-refractivity contribution < 1.29 is 4.79 Å². The van der Waals surface area contributed by atoms with Crippen LogP contribution >= 0.6 is 0 Å². The van der Waals surface area contributed by atoms with Crippen LogP contribution in [0.25, 0.3) is 0 Å². The lowest BCUT2D eigenvalue weighted by atomic mass is 9.95. The van der Waals surface area contributed by atoms with E-state index in [1.54, 1.807) is 18.6 Å². The van der Waals surface area contributed by atoms with Crippen LogP contribution in [0.15, 0.2) is 18.6 Å². The standard InChI is InChI=1S/C14H23N5O/c1-3-4-14(2,15)13(20)19-9-7-18(8-10-19)12-11-16-5-6-17-12/h5-6,11H,3-4,7-10,15H2,1-2H3. The highest BCUT2D eigenvalue weighted by molar-refractivity contribution is 5.85. The Hall–Kier alpha value is -1.69. The van der Waals surface area contributed by atoms with Crippen LogP contribution in [0.3, 0.4) is 0 Å². The highest BCUT2D eigenvalue weighted by atomic mass is 16.2. The van der Waals surface area contributed by atoms with E-state index in [1.807, 2.05) is 18.7 Å². The topological polar surface area (TPSA) is 75.4 Å². The van der Waals surface area contributed by atoms with E-state index in [2.05, 4.69) is 14.9 Å². The summed E-state index contributed by atoms with van der Waals surface area (Å²) >= 11 is 0. The molecule has 6 heteroatoms. The molecule has 1 saturated heterocycles. The van der Waals surface area contributed by atoms with Crippen molar-refractivity contribution in [3.05, 3.63) is 18.6 Å². The predicted octanol–water partition coefficient (Wildman–Crippen LogP) is 0.643. The first kappa shape index (κ1) is 14.7. The summed E-state index contributed by atoms with van der Waals surface area (Å²) in [5.41, 5.74) is 5.37. The molecule has 0 spiro atoms. The number of aromatic nitrogens is 2. The molecule has 1 atom stereocenters. The average molecular weight is 277 g/mol. The number of nitrogens with two attached hydrogens (primary N) is 1.